The van der Waals surface area contributed by atoms with Gasteiger partial charge in [0, 0.05) is 11.8 Å². The van der Waals surface area contributed by atoms with Crippen molar-refractivity contribution in [2.45, 2.75) is 49.9 Å². The van der Waals surface area contributed by atoms with E-state index in [0.717, 1.165) is 31.2 Å². The second kappa shape index (κ2) is 6.26. The van der Waals surface area contributed by atoms with Crippen molar-refractivity contribution in [2.75, 3.05) is 18.8 Å². The minimum atomic E-state index is -0.425. The highest BCUT2D eigenvalue weighted by Crippen LogP contribution is 2.40. The predicted octanol–water partition coefficient (Wildman–Crippen LogP) is 2.58. The molecule has 1 fully saturated rings. The largest absolute Gasteiger partial charge is 0.387 e. The highest BCUT2D eigenvalue weighted by Gasteiger charge is 2.44. The zero-order valence-corrected chi connectivity index (χ0v) is 11.6. The van der Waals surface area contributed by atoms with Gasteiger partial charge in [0.25, 0.3) is 0 Å². The Balaban J connectivity index is 1.65. The number of allylic oxidation sites excluding steroid dienone is 2. The van der Waals surface area contributed by atoms with Gasteiger partial charge in [-0.1, -0.05) is 19.1 Å². The molecule has 2 aliphatic carbocycles. The van der Waals surface area contributed by atoms with Gasteiger partial charge in [-0.2, -0.15) is 11.8 Å². The van der Waals surface area contributed by atoms with Gasteiger partial charge in [-0.05, 0) is 50.3 Å². The molecule has 0 radical (unpaired) electrons. The van der Waals surface area contributed by atoms with Gasteiger partial charge in [0.1, 0.15) is 0 Å². The normalized spacial score (nSPS) is 36.8. The third-order valence-corrected chi connectivity index (χ3v) is 5.46. The Kier molecular flexibility index (Phi) is 4.95. The molecular weight excluding hydrogens is 230 g/mol. The summed E-state index contributed by atoms with van der Waals surface area (Å²) in [6, 6.07) is 0. The first kappa shape index (κ1) is 13.4. The van der Waals surface area contributed by atoms with Crippen LogP contribution in [0.3, 0.4) is 0 Å². The number of rotatable bonds is 6. The Morgan fingerprint density at radius 3 is 2.88 bits per heavy atom. The van der Waals surface area contributed by atoms with Gasteiger partial charge in [-0.25, -0.2) is 0 Å². The molecule has 2 aliphatic rings. The number of aliphatic hydroxyl groups is 1. The molecule has 2 N–H and O–H groups in total. The molecule has 0 aromatic heterocycles. The van der Waals surface area contributed by atoms with Crippen LogP contribution in [0.1, 0.15) is 39.0 Å². The highest BCUT2D eigenvalue weighted by molar-refractivity contribution is 8.00. The summed E-state index contributed by atoms with van der Waals surface area (Å²) in [5.41, 5.74) is -0.425. The number of thioether (sulfide) groups is 1. The second-order valence-corrected chi connectivity index (χ2v) is 6.85. The van der Waals surface area contributed by atoms with Gasteiger partial charge >= 0.3 is 0 Å². The van der Waals surface area contributed by atoms with Crippen LogP contribution in [0.5, 0.6) is 0 Å². The maximum Gasteiger partial charge on any atom is 0.0889 e. The van der Waals surface area contributed by atoms with Crippen molar-refractivity contribution in [1.29, 1.82) is 0 Å². The van der Waals surface area contributed by atoms with E-state index in [0.29, 0.717) is 5.25 Å². The molecule has 0 amide bonds. The second-order valence-electron chi connectivity index (χ2n) is 5.37. The zero-order chi connectivity index (χ0) is 12.1. The first-order valence-corrected chi connectivity index (χ1v) is 7.99. The van der Waals surface area contributed by atoms with E-state index in [1.165, 1.54) is 25.7 Å². The van der Waals surface area contributed by atoms with Crippen molar-refractivity contribution in [1.82, 2.24) is 5.32 Å². The Hall–Kier alpha value is 0.0100. The predicted molar refractivity (Wildman–Crippen MR) is 75.5 cm³/mol. The van der Waals surface area contributed by atoms with Crippen LogP contribution < -0.4 is 5.32 Å². The Morgan fingerprint density at radius 1 is 1.41 bits per heavy atom. The van der Waals surface area contributed by atoms with E-state index in [1.807, 2.05) is 11.8 Å². The minimum absolute atomic E-state index is 0.425. The third kappa shape index (κ3) is 3.49. The molecule has 3 heteroatoms. The molecule has 1 saturated carbocycles. The van der Waals surface area contributed by atoms with Gasteiger partial charge in [0.05, 0.1) is 5.60 Å². The van der Waals surface area contributed by atoms with Crippen molar-refractivity contribution in [3.63, 3.8) is 0 Å². The van der Waals surface area contributed by atoms with E-state index in [9.17, 15) is 5.11 Å². The molecule has 0 spiro atoms. The van der Waals surface area contributed by atoms with Crippen molar-refractivity contribution < 1.29 is 5.11 Å². The zero-order valence-electron chi connectivity index (χ0n) is 10.8. The van der Waals surface area contributed by atoms with Gasteiger partial charge < -0.3 is 10.4 Å². The molecule has 0 aromatic carbocycles. The van der Waals surface area contributed by atoms with Crippen LogP contribution in [0.25, 0.3) is 0 Å². The Bertz CT molecular complexity index is 269. The standard InChI is InChI=1S/C14H25NOS/c1-2-17-13-8-9-14(13,16)11-15-10-12-6-4-3-5-7-12/h3-4,12-13,15-16H,2,5-11H2,1H3/t12-,13+,14-/m0/s1. The van der Waals surface area contributed by atoms with Crippen molar-refractivity contribution in [3.8, 4) is 0 Å². The Morgan fingerprint density at radius 2 is 2.29 bits per heavy atom. The van der Waals surface area contributed by atoms with E-state index in [-0.39, 0.29) is 0 Å². The number of nitrogens with one attached hydrogen (secondary N) is 1. The van der Waals surface area contributed by atoms with E-state index in [2.05, 4.69) is 24.4 Å². The summed E-state index contributed by atoms with van der Waals surface area (Å²) in [7, 11) is 0. The molecule has 0 saturated heterocycles. The van der Waals surface area contributed by atoms with Gasteiger partial charge in [0.2, 0.25) is 0 Å². The molecule has 17 heavy (non-hydrogen) atoms. The first-order chi connectivity index (χ1) is 8.24. The lowest BCUT2D eigenvalue weighted by Crippen LogP contribution is -2.56. The third-order valence-electron chi connectivity index (χ3n) is 4.05. The summed E-state index contributed by atoms with van der Waals surface area (Å²) in [5, 5.41) is 14.4. The quantitative estimate of drug-likeness (QED) is 0.716. The van der Waals surface area contributed by atoms with E-state index < -0.39 is 5.60 Å². The topological polar surface area (TPSA) is 32.3 Å². The maximum atomic E-state index is 10.4. The fraction of sp³-hybridized carbons (Fsp3) is 0.857. The Labute approximate surface area is 109 Å². The summed E-state index contributed by atoms with van der Waals surface area (Å²) in [5.74, 6) is 1.89. The van der Waals surface area contributed by atoms with Crippen LogP contribution in [0, 0.1) is 5.92 Å². The maximum absolute atomic E-state index is 10.4. The molecule has 0 aliphatic heterocycles. The smallest absolute Gasteiger partial charge is 0.0889 e. The molecule has 2 rings (SSSR count). The number of hydrogen-bond acceptors (Lipinski definition) is 3. The lowest BCUT2D eigenvalue weighted by Gasteiger charge is -2.45. The summed E-state index contributed by atoms with van der Waals surface area (Å²) >= 11 is 1.91. The molecule has 98 valence electrons. The molecule has 3 atom stereocenters. The van der Waals surface area contributed by atoms with Crippen LogP contribution in [-0.4, -0.2) is 34.8 Å². The molecule has 0 aromatic rings. The molecule has 2 nitrogen and oxygen atoms in total. The van der Waals surface area contributed by atoms with E-state index in [4.69, 9.17) is 0 Å². The molecule has 0 unspecified atom stereocenters. The van der Waals surface area contributed by atoms with Crippen LogP contribution in [0.4, 0.5) is 0 Å². The average molecular weight is 255 g/mol. The average Bonchev–Trinajstić information content (AvgIpc) is 2.36. The van der Waals surface area contributed by atoms with Crippen molar-refractivity contribution >= 4 is 11.8 Å². The molecule has 0 heterocycles. The summed E-state index contributed by atoms with van der Waals surface area (Å²) in [6.45, 7) is 4.02. The fourth-order valence-corrected chi connectivity index (χ4v) is 3.97. The van der Waals surface area contributed by atoms with Crippen LogP contribution >= 0.6 is 11.8 Å². The summed E-state index contributed by atoms with van der Waals surface area (Å²) in [6.07, 6.45) is 10.5. The monoisotopic (exact) mass is 255 g/mol. The minimum Gasteiger partial charge on any atom is -0.387 e. The summed E-state index contributed by atoms with van der Waals surface area (Å²) in [4.78, 5) is 0. The van der Waals surface area contributed by atoms with Crippen molar-refractivity contribution in [3.05, 3.63) is 12.2 Å². The first-order valence-electron chi connectivity index (χ1n) is 6.94. The highest BCUT2D eigenvalue weighted by atomic mass is 32.2. The fourth-order valence-electron chi connectivity index (χ4n) is 2.77. The van der Waals surface area contributed by atoms with Gasteiger partial charge in [-0.3, -0.25) is 0 Å². The van der Waals surface area contributed by atoms with Gasteiger partial charge in [0.15, 0.2) is 0 Å². The van der Waals surface area contributed by atoms with E-state index >= 15 is 0 Å². The van der Waals surface area contributed by atoms with Crippen LogP contribution in [-0.2, 0) is 0 Å². The number of hydrogen-bond donors (Lipinski definition) is 2. The lowest BCUT2D eigenvalue weighted by molar-refractivity contribution is -0.0237. The van der Waals surface area contributed by atoms with E-state index in [1.54, 1.807) is 0 Å². The lowest BCUT2D eigenvalue weighted by atomic mass is 9.79. The van der Waals surface area contributed by atoms with Crippen molar-refractivity contribution in [2.24, 2.45) is 5.92 Å². The SMILES string of the molecule is CCS[C@@H]1CC[C@]1(O)CNC[C@H]1CC=CCC1. The van der Waals surface area contributed by atoms with Crippen LogP contribution in [0.2, 0.25) is 0 Å². The van der Waals surface area contributed by atoms with Crippen LogP contribution in [0.15, 0.2) is 12.2 Å². The van der Waals surface area contributed by atoms with Gasteiger partial charge in [-0.15, -0.1) is 0 Å². The summed E-state index contributed by atoms with van der Waals surface area (Å²) < 4.78 is 0. The molecule has 0 bridgehead atoms. The molecular formula is C14H25NOS.